The maximum absolute atomic E-state index is 5.47. The molecule has 0 N–H and O–H groups in total. The van der Waals surface area contributed by atoms with Crippen LogP contribution >= 0.6 is 0 Å². The van der Waals surface area contributed by atoms with E-state index in [-0.39, 0.29) is 5.41 Å². The highest BCUT2D eigenvalue weighted by atomic mass is 16.5. The Morgan fingerprint density at radius 1 is 1.15 bits per heavy atom. The SMILES string of the molecule is C=CCO/C(C)=C/C=C(\C=C)C(C)(C)c1ccccc1. The van der Waals surface area contributed by atoms with Crippen LogP contribution in [0.5, 0.6) is 0 Å². The molecule has 0 atom stereocenters. The average molecular weight is 268 g/mol. The molecule has 0 unspecified atom stereocenters. The number of benzene rings is 1. The van der Waals surface area contributed by atoms with Gasteiger partial charge >= 0.3 is 0 Å². The molecule has 0 amide bonds. The topological polar surface area (TPSA) is 9.23 Å². The minimum atomic E-state index is -0.0851. The summed E-state index contributed by atoms with van der Waals surface area (Å²) in [5, 5.41) is 0. The molecule has 0 radical (unpaired) electrons. The van der Waals surface area contributed by atoms with Gasteiger partial charge in [-0.25, -0.2) is 0 Å². The summed E-state index contributed by atoms with van der Waals surface area (Å²) in [5.74, 6) is 0.869. The van der Waals surface area contributed by atoms with Crippen molar-refractivity contribution < 1.29 is 4.74 Å². The lowest BCUT2D eigenvalue weighted by Crippen LogP contribution is -2.19. The monoisotopic (exact) mass is 268 g/mol. The van der Waals surface area contributed by atoms with Gasteiger partial charge in [0.25, 0.3) is 0 Å². The summed E-state index contributed by atoms with van der Waals surface area (Å²) in [6, 6.07) is 10.4. The average Bonchev–Trinajstić information content (AvgIpc) is 2.46. The molecule has 106 valence electrons. The zero-order valence-corrected chi connectivity index (χ0v) is 12.7. The van der Waals surface area contributed by atoms with Crippen LogP contribution in [0.4, 0.5) is 0 Å². The van der Waals surface area contributed by atoms with E-state index in [0.717, 1.165) is 11.3 Å². The Hall–Kier alpha value is -2.02. The van der Waals surface area contributed by atoms with Crippen molar-refractivity contribution in [2.75, 3.05) is 6.61 Å². The third-order valence-corrected chi connectivity index (χ3v) is 3.36. The molecule has 0 saturated carbocycles. The van der Waals surface area contributed by atoms with Crippen LogP contribution in [0, 0.1) is 0 Å². The van der Waals surface area contributed by atoms with Gasteiger partial charge in [-0.2, -0.15) is 0 Å². The molecule has 1 heteroatoms. The molecule has 1 aromatic carbocycles. The molecule has 0 bridgehead atoms. The van der Waals surface area contributed by atoms with Crippen molar-refractivity contribution >= 4 is 0 Å². The van der Waals surface area contributed by atoms with E-state index < -0.39 is 0 Å². The van der Waals surface area contributed by atoms with Crippen LogP contribution in [0.3, 0.4) is 0 Å². The van der Waals surface area contributed by atoms with Gasteiger partial charge in [0.1, 0.15) is 6.61 Å². The molecule has 0 spiro atoms. The molecular formula is C19H24O. The maximum atomic E-state index is 5.47. The van der Waals surface area contributed by atoms with Gasteiger partial charge in [0.15, 0.2) is 0 Å². The molecule has 20 heavy (non-hydrogen) atoms. The van der Waals surface area contributed by atoms with E-state index >= 15 is 0 Å². The molecule has 1 rings (SSSR count). The molecular weight excluding hydrogens is 244 g/mol. The first-order valence-electron chi connectivity index (χ1n) is 6.83. The van der Waals surface area contributed by atoms with Gasteiger partial charge in [0, 0.05) is 5.41 Å². The molecule has 1 nitrogen and oxygen atoms in total. The Morgan fingerprint density at radius 3 is 2.35 bits per heavy atom. The van der Waals surface area contributed by atoms with Crippen LogP contribution in [0.2, 0.25) is 0 Å². The Morgan fingerprint density at radius 2 is 1.80 bits per heavy atom. The van der Waals surface area contributed by atoms with Gasteiger partial charge in [0.2, 0.25) is 0 Å². The minimum Gasteiger partial charge on any atom is -0.494 e. The van der Waals surface area contributed by atoms with E-state index in [9.17, 15) is 0 Å². The van der Waals surface area contributed by atoms with Crippen molar-refractivity contribution in [1.29, 1.82) is 0 Å². The fourth-order valence-electron chi connectivity index (χ4n) is 2.00. The van der Waals surface area contributed by atoms with Gasteiger partial charge < -0.3 is 4.74 Å². The lowest BCUT2D eigenvalue weighted by atomic mass is 9.77. The highest BCUT2D eigenvalue weighted by molar-refractivity contribution is 5.41. The second kappa shape index (κ2) is 7.54. The van der Waals surface area contributed by atoms with Crippen molar-refractivity contribution in [2.24, 2.45) is 0 Å². The fourth-order valence-corrected chi connectivity index (χ4v) is 2.00. The van der Waals surface area contributed by atoms with Gasteiger partial charge in [-0.05, 0) is 24.1 Å². The molecule has 0 aliphatic heterocycles. The van der Waals surface area contributed by atoms with Crippen molar-refractivity contribution in [3.05, 3.63) is 84.7 Å². The standard InChI is InChI=1S/C19H24O/c1-6-15-20-16(3)13-14-17(7-2)19(4,5)18-11-9-8-10-12-18/h6-14H,1-2,15H2,3-5H3/b16-13+,17-14+. The minimum absolute atomic E-state index is 0.0851. The van der Waals surface area contributed by atoms with Crippen LogP contribution in [-0.2, 0) is 10.2 Å². The van der Waals surface area contributed by atoms with Crippen LogP contribution in [0.25, 0.3) is 0 Å². The smallest absolute Gasteiger partial charge is 0.106 e. The lowest BCUT2D eigenvalue weighted by molar-refractivity contribution is 0.250. The molecule has 0 fully saturated rings. The third-order valence-electron chi connectivity index (χ3n) is 3.36. The molecule has 0 aliphatic carbocycles. The van der Waals surface area contributed by atoms with Crippen molar-refractivity contribution in [3.63, 3.8) is 0 Å². The second-order valence-electron chi connectivity index (χ2n) is 5.19. The predicted molar refractivity (Wildman–Crippen MR) is 87.7 cm³/mol. The Kier molecular flexibility index (Phi) is 6.05. The number of rotatable bonds is 7. The van der Waals surface area contributed by atoms with E-state index in [0.29, 0.717) is 6.61 Å². The number of hydrogen-bond acceptors (Lipinski definition) is 1. The summed E-state index contributed by atoms with van der Waals surface area (Å²) in [7, 11) is 0. The molecule has 0 aromatic heterocycles. The van der Waals surface area contributed by atoms with Gasteiger partial charge in [-0.3, -0.25) is 0 Å². The van der Waals surface area contributed by atoms with Gasteiger partial charge in [-0.15, -0.1) is 0 Å². The van der Waals surface area contributed by atoms with Crippen LogP contribution in [-0.4, -0.2) is 6.61 Å². The lowest BCUT2D eigenvalue weighted by Gasteiger charge is -2.27. The van der Waals surface area contributed by atoms with E-state index in [4.69, 9.17) is 4.74 Å². The number of hydrogen-bond donors (Lipinski definition) is 0. The van der Waals surface area contributed by atoms with Gasteiger partial charge in [-0.1, -0.05) is 75.6 Å². The predicted octanol–water partition coefficient (Wildman–Crippen LogP) is 5.18. The van der Waals surface area contributed by atoms with Crippen LogP contribution in [0.15, 0.2) is 79.1 Å². The van der Waals surface area contributed by atoms with E-state index in [1.165, 1.54) is 5.56 Å². The zero-order chi connectivity index (χ0) is 15.0. The third kappa shape index (κ3) is 4.27. The Labute approximate surface area is 123 Å². The van der Waals surface area contributed by atoms with Gasteiger partial charge in [0.05, 0.1) is 5.76 Å². The van der Waals surface area contributed by atoms with Crippen molar-refractivity contribution in [3.8, 4) is 0 Å². The first-order chi connectivity index (χ1) is 9.52. The van der Waals surface area contributed by atoms with Crippen LogP contribution in [0.1, 0.15) is 26.3 Å². The first kappa shape index (κ1) is 16.0. The summed E-state index contributed by atoms with van der Waals surface area (Å²) in [4.78, 5) is 0. The highest BCUT2D eigenvalue weighted by Gasteiger charge is 2.22. The summed E-state index contributed by atoms with van der Waals surface area (Å²) in [6.45, 7) is 14.4. The van der Waals surface area contributed by atoms with E-state index in [1.54, 1.807) is 6.08 Å². The molecule has 0 aliphatic rings. The molecule has 1 aromatic rings. The Bertz CT molecular complexity index is 504. The molecule has 0 saturated heterocycles. The van der Waals surface area contributed by atoms with E-state index in [2.05, 4.69) is 57.3 Å². The summed E-state index contributed by atoms with van der Waals surface area (Å²) in [6.07, 6.45) is 7.69. The first-order valence-corrected chi connectivity index (χ1v) is 6.83. The zero-order valence-electron chi connectivity index (χ0n) is 12.7. The summed E-state index contributed by atoms with van der Waals surface area (Å²) in [5.41, 5.74) is 2.34. The highest BCUT2D eigenvalue weighted by Crippen LogP contribution is 2.32. The van der Waals surface area contributed by atoms with Crippen molar-refractivity contribution in [1.82, 2.24) is 0 Å². The summed E-state index contributed by atoms with van der Waals surface area (Å²) >= 11 is 0. The second-order valence-corrected chi connectivity index (χ2v) is 5.19. The largest absolute Gasteiger partial charge is 0.494 e. The summed E-state index contributed by atoms with van der Waals surface area (Å²) < 4.78 is 5.47. The maximum Gasteiger partial charge on any atom is 0.106 e. The van der Waals surface area contributed by atoms with Crippen molar-refractivity contribution in [2.45, 2.75) is 26.2 Å². The normalized spacial score (nSPS) is 12.9. The van der Waals surface area contributed by atoms with Crippen LogP contribution < -0.4 is 0 Å². The quantitative estimate of drug-likeness (QED) is 0.376. The Balaban J connectivity index is 3.00. The van der Waals surface area contributed by atoms with E-state index in [1.807, 2.05) is 25.1 Å². The molecule has 0 heterocycles. The fraction of sp³-hybridized carbons (Fsp3) is 0.263. The number of allylic oxidation sites excluding steroid dienone is 5. The number of ether oxygens (including phenoxy) is 1.